The van der Waals surface area contributed by atoms with E-state index in [1.807, 2.05) is 37.3 Å². The van der Waals surface area contributed by atoms with Crippen LogP contribution >= 0.6 is 0 Å². The number of carbonyl (C=O) groups is 1. The number of ketones is 1. The Morgan fingerprint density at radius 1 is 1.28 bits per heavy atom. The smallest absolute Gasteiger partial charge is 0.171 e. The second kappa shape index (κ2) is 5.23. The summed E-state index contributed by atoms with van der Waals surface area (Å²) in [6.07, 6.45) is 3.01. The van der Waals surface area contributed by atoms with Crippen molar-refractivity contribution in [1.82, 2.24) is 0 Å². The van der Waals surface area contributed by atoms with E-state index in [-0.39, 0.29) is 11.2 Å². The average molecular weight is 246 g/mol. The molecule has 1 aliphatic rings. The minimum Gasteiger partial charge on any atom is -0.381 e. The van der Waals surface area contributed by atoms with Crippen molar-refractivity contribution in [2.45, 2.75) is 45.6 Å². The van der Waals surface area contributed by atoms with Gasteiger partial charge in [0.1, 0.15) is 6.10 Å². The molecule has 0 aliphatic heterocycles. The summed E-state index contributed by atoms with van der Waals surface area (Å²) in [5, 5.41) is 10.2. The van der Waals surface area contributed by atoms with Gasteiger partial charge in [-0.25, -0.2) is 0 Å². The van der Waals surface area contributed by atoms with Gasteiger partial charge in [0, 0.05) is 5.41 Å². The van der Waals surface area contributed by atoms with Crippen LogP contribution in [0.2, 0.25) is 0 Å². The van der Waals surface area contributed by atoms with Crippen molar-refractivity contribution in [2.75, 3.05) is 0 Å². The number of Topliss-reactive ketones (excluding diaryl/α,β-unsaturated/α-hetero) is 1. The summed E-state index contributed by atoms with van der Waals surface area (Å²) in [5.41, 5.74) is 0.365. The molecule has 1 unspecified atom stereocenters. The summed E-state index contributed by atoms with van der Waals surface area (Å²) in [6.45, 7) is 4.24. The van der Waals surface area contributed by atoms with Crippen molar-refractivity contribution >= 4 is 5.78 Å². The van der Waals surface area contributed by atoms with E-state index in [0.717, 1.165) is 25.7 Å². The van der Waals surface area contributed by atoms with Crippen LogP contribution < -0.4 is 0 Å². The monoisotopic (exact) mass is 246 g/mol. The molecule has 1 N–H and O–H groups in total. The summed E-state index contributed by atoms with van der Waals surface area (Å²) < 4.78 is 0. The SMILES string of the molecule is CC1CCC(C)(C(=O)C(O)c2ccccc2)CC1. The summed E-state index contributed by atoms with van der Waals surface area (Å²) in [7, 11) is 0. The number of carbonyl (C=O) groups excluding carboxylic acids is 1. The molecule has 2 rings (SSSR count). The highest BCUT2D eigenvalue weighted by Crippen LogP contribution is 2.41. The summed E-state index contributed by atoms with van der Waals surface area (Å²) >= 11 is 0. The second-order valence-corrected chi connectivity index (χ2v) is 5.92. The molecule has 0 radical (unpaired) electrons. The van der Waals surface area contributed by atoms with Gasteiger partial charge in [0.15, 0.2) is 5.78 Å². The number of aliphatic hydroxyl groups excluding tert-OH is 1. The van der Waals surface area contributed by atoms with Crippen molar-refractivity contribution in [1.29, 1.82) is 0 Å². The molecule has 0 spiro atoms. The third-order valence-corrected chi connectivity index (χ3v) is 4.34. The van der Waals surface area contributed by atoms with Crippen LogP contribution in [0, 0.1) is 11.3 Å². The van der Waals surface area contributed by atoms with Crippen molar-refractivity contribution < 1.29 is 9.90 Å². The fraction of sp³-hybridized carbons (Fsp3) is 0.562. The summed E-state index contributed by atoms with van der Waals surface area (Å²) in [5.74, 6) is 0.695. The Morgan fingerprint density at radius 3 is 2.39 bits per heavy atom. The van der Waals surface area contributed by atoms with Gasteiger partial charge < -0.3 is 5.11 Å². The minimum absolute atomic E-state index is 0.0133. The third-order valence-electron chi connectivity index (χ3n) is 4.34. The number of aliphatic hydroxyl groups is 1. The van der Waals surface area contributed by atoms with Crippen LogP contribution in [-0.4, -0.2) is 10.9 Å². The van der Waals surface area contributed by atoms with E-state index >= 15 is 0 Å². The molecule has 0 amide bonds. The van der Waals surface area contributed by atoms with Crippen LogP contribution in [0.1, 0.15) is 51.2 Å². The highest BCUT2D eigenvalue weighted by molar-refractivity contribution is 5.89. The van der Waals surface area contributed by atoms with E-state index in [1.54, 1.807) is 0 Å². The Hall–Kier alpha value is -1.15. The summed E-state index contributed by atoms with van der Waals surface area (Å²) in [4.78, 5) is 12.5. The zero-order chi connectivity index (χ0) is 13.2. The first kappa shape index (κ1) is 13.3. The molecule has 18 heavy (non-hydrogen) atoms. The van der Waals surface area contributed by atoms with Gasteiger partial charge in [-0.2, -0.15) is 0 Å². The zero-order valence-electron chi connectivity index (χ0n) is 11.2. The molecule has 2 heteroatoms. The lowest BCUT2D eigenvalue weighted by Gasteiger charge is -2.36. The van der Waals surface area contributed by atoms with Gasteiger partial charge in [0.2, 0.25) is 0 Å². The van der Waals surface area contributed by atoms with Crippen molar-refractivity contribution in [3.05, 3.63) is 35.9 Å². The van der Waals surface area contributed by atoms with Crippen LogP contribution in [0.3, 0.4) is 0 Å². The quantitative estimate of drug-likeness (QED) is 0.886. The molecule has 1 fully saturated rings. The van der Waals surface area contributed by atoms with Crippen molar-refractivity contribution in [3.63, 3.8) is 0 Å². The van der Waals surface area contributed by atoms with Crippen LogP contribution in [0.25, 0.3) is 0 Å². The van der Waals surface area contributed by atoms with Gasteiger partial charge in [-0.1, -0.05) is 44.2 Å². The van der Waals surface area contributed by atoms with E-state index in [1.165, 1.54) is 0 Å². The number of benzene rings is 1. The first-order valence-electron chi connectivity index (χ1n) is 6.80. The molecule has 1 aliphatic carbocycles. The fourth-order valence-electron chi connectivity index (χ4n) is 2.76. The Kier molecular flexibility index (Phi) is 3.86. The Morgan fingerprint density at radius 2 is 1.83 bits per heavy atom. The van der Waals surface area contributed by atoms with E-state index in [4.69, 9.17) is 0 Å². The first-order valence-corrected chi connectivity index (χ1v) is 6.80. The normalized spacial score (nSPS) is 29.8. The van der Waals surface area contributed by atoms with E-state index < -0.39 is 6.10 Å². The fourth-order valence-corrected chi connectivity index (χ4v) is 2.76. The lowest BCUT2D eigenvalue weighted by molar-refractivity contribution is -0.139. The van der Waals surface area contributed by atoms with Crippen LogP contribution in [0.5, 0.6) is 0 Å². The van der Waals surface area contributed by atoms with Crippen molar-refractivity contribution in [3.8, 4) is 0 Å². The van der Waals surface area contributed by atoms with Gasteiger partial charge in [0.05, 0.1) is 0 Å². The molecule has 2 nitrogen and oxygen atoms in total. The first-order chi connectivity index (χ1) is 8.53. The highest BCUT2D eigenvalue weighted by Gasteiger charge is 2.39. The molecule has 1 aromatic rings. The largest absolute Gasteiger partial charge is 0.381 e. The minimum atomic E-state index is -0.968. The number of hydrogen-bond donors (Lipinski definition) is 1. The Labute approximate surface area is 109 Å². The molecule has 1 aromatic carbocycles. The molecule has 0 saturated heterocycles. The Balaban J connectivity index is 2.11. The lowest BCUT2D eigenvalue weighted by atomic mass is 9.68. The highest BCUT2D eigenvalue weighted by atomic mass is 16.3. The zero-order valence-corrected chi connectivity index (χ0v) is 11.2. The van der Waals surface area contributed by atoms with Gasteiger partial charge in [0.25, 0.3) is 0 Å². The summed E-state index contributed by atoms with van der Waals surface area (Å²) in [6, 6.07) is 9.24. The predicted molar refractivity (Wildman–Crippen MR) is 72.1 cm³/mol. The lowest BCUT2D eigenvalue weighted by Crippen LogP contribution is -2.35. The second-order valence-electron chi connectivity index (χ2n) is 5.92. The predicted octanol–water partition coefficient (Wildman–Crippen LogP) is 3.51. The topological polar surface area (TPSA) is 37.3 Å². The van der Waals surface area contributed by atoms with Crippen LogP contribution in [-0.2, 0) is 4.79 Å². The van der Waals surface area contributed by atoms with Crippen LogP contribution in [0.15, 0.2) is 30.3 Å². The number of rotatable bonds is 3. The van der Waals surface area contributed by atoms with Gasteiger partial charge in [-0.15, -0.1) is 0 Å². The van der Waals surface area contributed by atoms with Gasteiger partial charge in [-0.3, -0.25) is 4.79 Å². The molecule has 0 bridgehead atoms. The van der Waals surface area contributed by atoms with E-state index in [0.29, 0.717) is 11.5 Å². The molecule has 0 heterocycles. The third kappa shape index (κ3) is 2.64. The molecular weight excluding hydrogens is 224 g/mol. The van der Waals surface area contributed by atoms with E-state index in [9.17, 15) is 9.90 Å². The standard InChI is InChI=1S/C16H22O2/c1-12-8-10-16(2,11-9-12)15(18)14(17)13-6-4-3-5-7-13/h3-7,12,14,17H,8-11H2,1-2H3. The van der Waals surface area contributed by atoms with E-state index in [2.05, 4.69) is 6.92 Å². The van der Waals surface area contributed by atoms with Crippen LogP contribution in [0.4, 0.5) is 0 Å². The number of hydrogen-bond acceptors (Lipinski definition) is 2. The van der Waals surface area contributed by atoms with Gasteiger partial charge in [-0.05, 0) is 37.2 Å². The molecule has 98 valence electrons. The molecule has 1 saturated carbocycles. The molecular formula is C16H22O2. The molecule has 1 atom stereocenters. The average Bonchev–Trinajstić information content (AvgIpc) is 2.41. The maximum Gasteiger partial charge on any atom is 0.171 e. The van der Waals surface area contributed by atoms with Gasteiger partial charge >= 0.3 is 0 Å². The maximum absolute atomic E-state index is 12.5. The maximum atomic E-state index is 12.5. The van der Waals surface area contributed by atoms with Crippen molar-refractivity contribution in [2.24, 2.45) is 11.3 Å². The Bertz CT molecular complexity index is 402. The molecule has 0 aromatic heterocycles.